The van der Waals surface area contributed by atoms with Crippen LogP contribution in [0.5, 0.6) is 0 Å². The molecule has 15 heavy (non-hydrogen) atoms. The molecule has 0 amide bonds. The first-order chi connectivity index (χ1) is 7.33. The van der Waals surface area contributed by atoms with E-state index in [1.54, 1.807) is 0 Å². The van der Waals surface area contributed by atoms with Gasteiger partial charge in [-0.15, -0.1) is 11.3 Å². The SMILES string of the molecule is BrC(CC1CC2CCC1C2)c1cccs1. The molecule has 0 aromatic carbocycles. The van der Waals surface area contributed by atoms with Crippen LogP contribution in [0.2, 0.25) is 0 Å². The van der Waals surface area contributed by atoms with E-state index in [4.69, 9.17) is 0 Å². The van der Waals surface area contributed by atoms with Gasteiger partial charge in [0.05, 0.1) is 0 Å². The lowest BCUT2D eigenvalue weighted by molar-refractivity contribution is 0.314. The first-order valence-corrected chi connectivity index (χ1v) is 7.80. The number of halogens is 1. The molecule has 2 aliphatic carbocycles. The van der Waals surface area contributed by atoms with Crippen LogP contribution in [0.1, 0.15) is 41.8 Å². The summed E-state index contributed by atoms with van der Waals surface area (Å²) in [5, 5.41) is 2.18. The van der Waals surface area contributed by atoms with Gasteiger partial charge in [-0.2, -0.15) is 0 Å². The Bertz CT molecular complexity index is 319. The normalized spacial score (nSPS) is 35.9. The van der Waals surface area contributed by atoms with E-state index in [0.717, 1.165) is 17.8 Å². The first kappa shape index (κ1) is 10.3. The van der Waals surface area contributed by atoms with Crippen LogP contribution in [0.3, 0.4) is 0 Å². The van der Waals surface area contributed by atoms with E-state index in [1.807, 2.05) is 11.3 Å². The average Bonchev–Trinajstić information content (AvgIpc) is 2.95. The van der Waals surface area contributed by atoms with Crippen molar-refractivity contribution < 1.29 is 0 Å². The zero-order valence-electron chi connectivity index (χ0n) is 8.86. The highest BCUT2D eigenvalue weighted by molar-refractivity contribution is 9.09. The van der Waals surface area contributed by atoms with Crippen LogP contribution >= 0.6 is 27.3 Å². The molecule has 4 atom stereocenters. The lowest BCUT2D eigenvalue weighted by Gasteiger charge is -2.23. The number of thiophene rings is 1. The van der Waals surface area contributed by atoms with Gasteiger partial charge >= 0.3 is 0 Å². The topological polar surface area (TPSA) is 0 Å². The molecule has 0 nitrogen and oxygen atoms in total. The fourth-order valence-corrected chi connectivity index (χ4v) is 5.19. The van der Waals surface area contributed by atoms with Crippen molar-refractivity contribution in [2.45, 2.75) is 36.9 Å². The van der Waals surface area contributed by atoms with Crippen molar-refractivity contribution >= 4 is 27.3 Å². The summed E-state index contributed by atoms with van der Waals surface area (Å²) in [6, 6.07) is 4.42. The van der Waals surface area contributed by atoms with Crippen molar-refractivity contribution in [2.24, 2.45) is 17.8 Å². The summed E-state index contributed by atoms with van der Waals surface area (Å²) >= 11 is 5.74. The van der Waals surface area contributed by atoms with Crippen LogP contribution in [0, 0.1) is 17.8 Å². The van der Waals surface area contributed by atoms with Crippen molar-refractivity contribution in [2.75, 3.05) is 0 Å². The Labute approximate surface area is 104 Å². The molecule has 0 spiro atoms. The molecule has 1 aromatic rings. The van der Waals surface area contributed by atoms with E-state index in [9.17, 15) is 0 Å². The van der Waals surface area contributed by atoms with Crippen molar-refractivity contribution in [3.05, 3.63) is 22.4 Å². The van der Waals surface area contributed by atoms with Crippen molar-refractivity contribution in [1.82, 2.24) is 0 Å². The van der Waals surface area contributed by atoms with Gasteiger partial charge in [0.25, 0.3) is 0 Å². The van der Waals surface area contributed by atoms with E-state index in [1.165, 1.54) is 37.0 Å². The largest absolute Gasteiger partial charge is 0.148 e. The molecule has 0 aliphatic heterocycles. The van der Waals surface area contributed by atoms with Gasteiger partial charge in [0.1, 0.15) is 0 Å². The molecule has 2 aliphatic rings. The molecular weight excluding hydrogens is 268 g/mol. The highest BCUT2D eigenvalue weighted by Gasteiger charge is 2.39. The van der Waals surface area contributed by atoms with E-state index >= 15 is 0 Å². The van der Waals surface area contributed by atoms with Crippen molar-refractivity contribution in [3.63, 3.8) is 0 Å². The Kier molecular flexibility index (Phi) is 2.90. The van der Waals surface area contributed by atoms with Crippen LogP contribution in [0.25, 0.3) is 0 Å². The molecular formula is C13H17BrS. The quantitative estimate of drug-likeness (QED) is 0.685. The van der Waals surface area contributed by atoms with Crippen LogP contribution in [-0.2, 0) is 0 Å². The molecule has 0 radical (unpaired) electrons. The summed E-state index contributed by atoms with van der Waals surface area (Å²) in [5.74, 6) is 3.16. The fourth-order valence-electron chi connectivity index (χ4n) is 3.52. The lowest BCUT2D eigenvalue weighted by atomic mass is 9.85. The van der Waals surface area contributed by atoms with Gasteiger partial charge in [-0.1, -0.05) is 28.4 Å². The zero-order valence-corrected chi connectivity index (χ0v) is 11.3. The number of hydrogen-bond donors (Lipinski definition) is 0. The van der Waals surface area contributed by atoms with Gasteiger partial charge in [-0.25, -0.2) is 0 Å². The molecule has 4 unspecified atom stereocenters. The standard InChI is InChI=1S/C13H17BrS/c14-12(13-2-1-5-15-13)8-11-7-9-3-4-10(11)6-9/h1-2,5,9-12H,3-4,6-8H2. The van der Waals surface area contributed by atoms with Gasteiger partial charge in [0.15, 0.2) is 0 Å². The molecule has 0 N–H and O–H groups in total. The van der Waals surface area contributed by atoms with E-state index in [2.05, 4.69) is 33.4 Å². The first-order valence-electron chi connectivity index (χ1n) is 6.00. The molecule has 0 saturated heterocycles. The number of hydrogen-bond acceptors (Lipinski definition) is 1. The minimum atomic E-state index is 0.613. The van der Waals surface area contributed by atoms with E-state index in [-0.39, 0.29) is 0 Å². The van der Waals surface area contributed by atoms with Crippen LogP contribution in [0.15, 0.2) is 17.5 Å². The van der Waals surface area contributed by atoms with Gasteiger partial charge in [-0.05, 0) is 54.9 Å². The maximum Gasteiger partial charge on any atom is 0.0491 e. The molecule has 3 rings (SSSR count). The summed E-state index contributed by atoms with van der Waals surface area (Å²) in [4.78, 5) is 2.12. The summed E-state index contributed by atoms with van der Waals surface area (Å²) in [7, 11) is 0. The van der Waals surface area contributed by atoms with Crippen LogP contribution in [0.4, 0.5) is 0 Å². The van der Waals surface area contributed by atoms with Gasteiger partial charge in [0, 0.05) is 9.70 Å². The number of fused-ring (bicyclic) bond motifs is 2. The molecule has 1 aromatic heterocycles. The minimum absolute atomic E-state index is 0.613. The second-order valence-corrected chi connectivity index (χ2v) is 7.24. The van der Waals surface area contributed by atoms with Crippen molar-refractivity contribution in [3.8, 4) is 0 Å². The maximum atomic E-state index is 3.86. The number of alkyl halides is 1. The van der Waals surface area contributed by atoms with E-state index < -0.39 is 0 Å². The Balaban J connectivity index is 1.62. The van der Waals surface area contributed by atoms with Crippen LogP contribution < -0.4 is 0 Å². The maximum absolute atomic E-state index is 3.86. The molecule has 1 heterocycles. The Hall–Kier alpha value is 0.180. The summed E-state index contributed by atoms with van der Waals surface area (Å²) in [5.41, 5.74) is 0. The predicted octanol–water partition coefficient (Wildman–Crippen LogP) is 5.01. The number of rotatable bonds is 3. The Morgan fingerprint density at radius 2 is 2.33 bits per heavy atom. The second-order valence-electron chi connectivity index (χ2n) is 5.15. The minimum Gasteiger partial charge on any atom is -0.148 e. The summed E-state index contributed by atoms with van der Waals surface area (Å²) in [6.07, 6.45) is 7.45. The fraction of sp³-hybridized carbons (Fsp3) is 0.692. The molecule has 2 saturated carbocycles. The molecule has 82 valence electrons. The summed E-state index contributed by atoms with van der Waals surface area (Å²) < 4.78 is 0. The summed E-state index contributed by atoms with van der Waals surface area (Å²) in [6.45, 7) is 0. The Morgan fingerprint density at radius 1 is 1.40 bits per heavy atom. The van der Waals surface area contributed by atoms with Gasteiger partial charge < -0.3 is 0 Å². The van der Waals surface area contributed by atoms with Crippen molar-refractivity contribution in [1.29, 1.82) is 0 Å². The third-order valence-corrected chi connectivity index (χ3v) is 6.40. The second kappa shape index (κ2) is 4.21. The molecule has 2 bridgehead atoms. The highest BCUT2D eigenvalue weighted by Crippen LogP contribution is 2.52. The zero-order chi connectivity index (χ0) is 10.3. The van der Waals surface area contributed by atoms with E-state index in [0.29, 0.717) is 4.83 Å². The molecule has 2 heteroatoms. The smallest absolute Gasteiger partial charge is 0.0491 e. The lowest BCUT2D eigenvalue weighted by Crippen LogP contribution is -2.11. The highest BCUT2D eigenvalue weighted by atomic mass is 79.9. The van der Waals surface area contributed by atoms with Gasteiger partial charge in [-0.3, -0.25) is 0 Å². The third-order valence-electron chi connectivity index (χ3n) is 4.25. The Morgan fingerprint density at radius 3 is 2.93 bits per heavy atom. The van der Waals surface area contributed by atoms with Crippen LogP contribution in [-0.4, -0.2) is 0 Å². The average molecular weight is 285 g/mol. The monoisotopic (exact) mass is 284 g/mol. The van der Waals surface area contributed by atoms with Gasteiger partial charge in [0.2, 0.25) is 0 Å². The predicted molar refractivity (Wildman–Crippen MR) is 69.5 cm³/mol. The molecule has 2 fully saturated rings. The third kappa shape index (κ3) is 2.03.